The number of hydrogen-bond acceptors (Lipinski definition) is 14. The van der Waals surface area contributed by atoms with Crippen LogP contribution in [-0.4, -0.2) is 100 Å². The van der Waals surface area contributed by atoms with E-state index >= 15 is 0 Å². The number of carboxylic acid groups (broad SMARTS) is 2. The summed E-state index contributed by atoms with van der Waals surface area (Å²) in [6, 6.07) is 7.19. The number of benzene rings is 2. The Morgan fingerprint density at radius 3 is 1.68 bits per heavy atom. The lowest BCUT2D eigenvalue weighted by molar-refractivity contribution is -0.213. The van der Waals surface area contributed by atoms with Crippen LogP contribution in [0.3, 0.4) is 0 Å². The van der Waals surface area contributed by atoms with Crippen molar-refractivity contribution in [3.05, 3.63) is 59.7 Å². The zero-order chi connectivity index (χ0) is 35.1. The maximum absolute atomic E-state index is 12.9. The lowest BCUT2D eigenvalue weighted by Gasteiger charge is -2.42. The standard InChI is InChI=1S/C31H32O16/c1-30(43,14-24(36)37)15-27(40)46-23-13-31(44,29(41)42)12-22(45-25(38)8-4-16-2-6-18(32)20(34)10-16)28(23)47-26(39)9-5-17-3-7-19(33)21(35)11-17/h2-11,22-23,28,32-35,43-44H,12-15H2,1H3,(H,36,37)(H,41,42)/b8-4+,9-5+/t22-,23-,28+,30-,31-/m1/s1. The first-order valence-electron chi connectivity index (χ1n) is 13.8. The van der Waals surface area contributed by atoms with Crippen molar-refractivity contribution >= 4 is 42.0 Å². The van der Waals surface area contributed by atoms with Gasteiger partial charge in [0.05, 0.1) is 18.4 Å². The molecule has 1 aliphatic carbocycles. The van der Waals surface area contributed by atoms with E-state index in [4.69, 9.17) is 19.3 Å². The van der Waals surface area contributed by atoms with Gasteiger partial charge in [-0.15, -0.1) is 0 Å². The van der Waals surface area contributed by atoms with Crippen LogP contribution in [0.2, 0.25) is 0 Å². The molecule has 2 aromatic carbocycles. The van der Waals surface area contributed by atoms with Crippen LogP contribution in [-0.2, 0) is 38.2 Å². The van der Waals surface area contributed by atoms with Gasteiger partial charge in [-0.1, -0.05) is 12.1 Å². The molecule has 0 saturated heterocycles. The van der Waals surface area contributed by atoms with E-state index in [0.717, 1.165) is 49.4 Å². The van der Waals surface area contributed by atoms with Crippen molar-refractivity contribution in [2.45, 2.75) is 62.1 Å². The van der Waals surface area contributed by atoms with Crippen molar-refractivity contribution < 1.29 is 79.0 Å². The summed E-state index contributed by atoms with van der Waals surface area (Å²) in [6.45, 7) is 1.03. The molecule has 0 unspecified atom stereocenters. The summed E-state index contributed by atoms with van der Waals surface area (Å²) >= 11 is 0. The van der Waals surface area contributed by atoms with E-state index in [0.29, 0.717) is 0 Å². The maximum atomic E-state index is 12.9. The number of phenolic OH excluding ortho intramolecular Hbond substituents is 4. The zero-order valence-corrected chi connectivity index (χ0v) is 24.7. The molecule has 8 N–H and O–H groups in total. The van der Waals surface area contributed by atoms with Crippen LogP contribution < -0.4 is 0 Å². The highest BCUT2D eigenvalue weighted by Gasteiger charge is 2.54. The SMILES string of the molecule is C[C@@](O)(CC(=O)O)CC(=O)O[C@@H]1C[C@@](O)(C(=O)O)C[C@@H](OC(=O)/C=C/c2ccc(O)c(O)c2)[C@@H]1OC(=O)/C=C/c1ccc(O)c(O)c1. The van der Waals surface area contributed by atoms with E-state index in [-0.39, 0.29) is 11.1 Å². The first-order chi connectivity index (χ1) is 21.9. The Hall–Kier alpha value is -5.61. The van der Waals surface area contributed by atoms with Crippen LogP contribution in [0, 0.1) is 0 Å². The Balaban J connectivity index is 1.92. The highest BCUT2D eigenvalue weighted by molar-refractivity contribution is 5.88. The molecule has 0 radical (unpaired) electrons. The summed E-state index contributed by atoms with van der Waals surface area (Å²) < 4.78 is 16.0. The smallest absolute Gasteiger partial charge is 0.335 e. The molecule has 1 aliphatic rings. The average molecular weight is 661 g/mol. The van der Waals surface area contributed by atoms with E-state index in [9.17, 15) is 59.7 Å². The normalized spacial score (nSPS) is 22.3. The topological polar surface area (TPSA) is 275 Å². The van der Waals surface area contributed by atoms with Gasteiger partial charge in [-0.3, -0.25) is 9.59 Å². The molecule has 0 amide bonds. The number of carboxylic acids is 2. The van der Waals surface area contributed by atoms with Crippen LogP contribution in [0.4, 0.5) is 0 Å². The van der Waals surface area contributed by atoms with Gasteiger partial charge in [-0.25, -0.2) is 14.4 Å². The monoisotopic (exact) mass is 660 g/mol. The van der Waals surface area contributed by atoms with Gasteiger partial charge >= 0.3 is 29.8 Å². The molecule has 47 heavy (non-hydrogen) atoms. The van der Waals surface area contributed by atoms with Crippen molar-refractivity contribution in [2.75, 3.05) is 0 Å². The van der Waals surface area contributed by atoms with Gasteiger partial charge in [0.1, 0.15) is 12.2 Å². The second-order valence-corrected chi connectivity index (χ2v) is 11.1. The molecule has 16 nitrogen and oxygen atoms in total. The van der Waals surface area contributed by atoms with Crippen LogP contribution in [0.5, 0.6) is 23.0 Å². The Bertz CT molecular complexity index is 1590. The number of esters is 3. The molecule has 1 saturated carbocycles. The van der Waals surface area contributed by atoms with Crippen molar-refractivity contribution in [1.82, 2.24) is 0 Å². The van der Waals surface area contributed by atoms with Gasteiger partial charge < -0.3 is 55.1 Å². The quantitative estimate of drug-likeness (QED) is 0.0687. The predicted octanol–water partition coefficient (Wildman–Crippen LogP) is 1.20. The Labute approximate surface area is 266 Å². The van der Waals surface area contributed by atoms with Crippen LogP contribution in [0.25, 0.3) is 12.2 Å². The second kappa shape index (κ2) is 14.7. The van der Waals surface area contributed by atoms with Gasteiger partial charge in [-0.2, -0.15) is 0 Å². The molecule has 0 heterocycles. The Morgan fingerprint density at radius 1 is 0.766 bits per heavy atom. The Kier molecular flexibility index (Phi) is 11.2. The number of aliphatic carboxylic acids is 2. The summed E-state index contributed by atoms with van der Waals surface area (Å²) in [5, 5.41) is 78.2. The Morgan fingerprint density at radius 2 is 1.23 bits per heavy atom. The van der Waals surface area contributed by atoms with Crippen molar-refractivity contribution in [3.8, 4) is 23.0 Å². The predicted molar refractivity (Wildman–Crippen MR) is 157 cm³/mol. The third-order valence-electron chi connectivity index (χ3n) is 6.89. The minimum Gasteiger partial charge on any atom is -0.504 e. The minimum atomic E-state index is -2.69. The van der Waals surface area contributed by atoms with Crippen molar-refractivity contribution in [2.24, 2.45) is 0 Å². The number of carbonyl (C=O) groups excluding carboxylic acids is 3. The van der Waals surface area contributed by atoms with Crippen molar-refractivity contribution in [1.29, 1.82) is 0 Å². The zero-order valence-electron chi connectivity index (χ0n) is 24.7. The average Bonchev–Trinajstić information content (AvgIpc) is 2.95. The summed E-state index contributed by atoms with van der Waals surface area (Å²) in [5.74, 6) is -8.63. The van der Waals surface area contributed by atoms with E-state index in [1.807, 2.05) is 0 Å². The molecule has 2 aromatic rings. The van der Waals surface area contributed by atoms with Gasteiger partial charge in [0.2, 0.25) is 0 Å². The molecule has 0 bridgehead atoms. The second-order valence-electron chi connectivity index (χ2n) is 11.1. The van der Waals surface area contributed by atoms with Gasteiger partial charge in [0.15, 0.2) is 34.7 Å². The van der Waals surface area contributed by atoms with Crippen molar-refractivity contribution in [3.63, 3.8) is 0 Å². The summed E-state index contributed by atoms with van der Waals surface area (Å²) in [7, 11) is 0. The van der Waals surface area contributed by atoms with Crippen LogP contribution >= 0.6 is 0 Å². The largest absolute Gasteiger partial charge is 0.504 e. The van der Waals surface area contributed by atoms with E-state index in [2.05, 4.69) is 0 Å². The fraction of sp³-hybridized carbons (Fsp3) is 0.323. The number of rotatable bonds is 12. The van der Waals surface area contributed by atoms with Gasteiger partial charge in [0, 0.05) is 25.0 Å². The minimum absolute atomic E-state index is 0.233. The summed E-state index contributed by atoms with van der Waals surface area (Å²) in [6.07, 6.45) is -4.77. The third kappa shape index (κ3) is 10.2. The molecular weight excluding hydrogens is 628 g/mol. The molecule has 1 fully saturated rings. The third-order valence-corrected chi connectivity index (χ3v) is 6.89. The molecule has 252 valence electrons. The van der Waals surface area contributed by atoms with E-state index in [1.54, 1.807) is 0 Å². The highest BCUT2D eigenvalue weighted by Crippen LogP contribution is 2.36. The number of carbonyl (C=O) groups is 5. The van der Waals surface area contributed by atoms with Gasteiger partial charge in [-0.05, 0) is 54.5 Å². The first-order valence-corrected chi connectivity index (χ1v) is 13.8. The number of aromatic hydroxyl groups is 4. The van der Waals surface area contributed by atoms with Gasteiger partial charge in [0.25, 0.3) is 0 Å². The number of hydrogen-bond donors (Lipinski definition) is 8. The molecular formula is C31H32O16. The highest BCUT2D eigenvalue weighted by atomic mass is 16.6. The number of aliphatic hydroxyl groups is 2. The summed E-state index contributed by atoms with van der Waals surface area (Å²) in [5.41, 5.74) is -4.33. The summed E-state index contributed by atoms with van der Waals surface area (Å²) in [4.78, 5) is 61.5. The molecule has 3 rings (SSSR count). The first kappa shape index (κ1) is 35.9. The fourth-order valence-corrected chi connectivity index (χ4v) is 4.65. The maximum Gasteiger partial charge on any atom is 0.335 e. The van der Waals surface area contributed by atoms with E-state index < -0.39 is 108 Å². The van der Waals surface area contributed by atoms with E-state index in [1.165, 1.54) is 18.2 Å². The van der Waals surface area contributed by atoms with Crippen LogP contribution in [0.1, 0.15) is 43.7 Å². The lowest BCUT2D eigenvalue weighted by Crippen LogP contribution is -2.59. The molecule has 16 heteroatoms. The van der Waals surface area contributed by atoms with Crippen LogP contribution in [0.15, 0.2) is 48.6 Å². The number of phenols is 4. The lowest BCUT2D eigenvalue weighted by atomic mass is 9.79. The molecule has 0 aromatic heterocycles. The molecule has 0 spiro atoms. The fourth-order valence-electron chi connectivity index (χ4n) is 4.65. The number of ether oxygens (including phenoxy) is 3. The molecule has 0 aliphatic heterocycles. The molecule has 5 atom stereocenters.